The number of hydrogen-bond donors (Lipinski definition) is 2. The largest absolute Gasteiger partial charge is 0.355 e. The first kappa shape index (κ1) is 17.6. The lowest BCUT2D eigenvalue weighted by Crippen LogP contribution is -1.94. The topological polar surface area (TPSA) is 27.8 Å². The third kappa shape index (κ3) is 3.05. The van der Waals surface area contributed by atoms with Crippen LogP contribution in [0, 0.1) is 3.57 Å². The van der Waals surface area contributed by atoms with Gasteiger partial charge in [0, 0.05) is 42.4 Å². The first-order chi connectivity index (χ1) is 13.7. The van der Waals surface area contributed by atoms with E-state index >= 15 is 0 Å². The van der Waals surface area contributed by atoms with E-state index in [1.54, 1.807) is 0 Å². The normalized spacial score (nSPS) is 11.2. The van der Waals surface area contributed by atoms with Crippen LogP contribution in [0.4, 0.5) is 11.4 Å². The fourth-order valence-electron chi connectivity index (χ4n) is 3.65. The number of fused-ring (bicyclic) bond motifs is 3. The van der Waals surface area contributed by atoms with E-state index in [4.69, 9.17) is 11.6 Å². The Hall–Kier alpha value is -2.50. The van der Waals surface area contributed by atoms with E-state index in [9.17, 15) is 0 Å². The smallest absolute Gasteiger partial charge is 0.0545 e. The van der Waals surface area contributed by atoms with Crippen LogP contribution < -0.4 is 5.32 Å². The van der Waals surface area contributed by atoms with Crippen molar-refractivity contribution in [2.45, 2.75) is 0 Å². The molecule has 136 valence electrons. The van der Waals surface area contributed by atoms with Gasteiger partial charge in [0.15, 0.2) is 0 Å². The maximum absolute atomic E-state index is 6.18. The fourth-order valence-corrected chi connectivity index (χ4v) is 4.29. The Kier molecular flexibility index (Phi) is 4.49. The highest BCUT2D eigenvalue weighted by Gasteiger charge is 2.12. The average Bonchev–Trinajstić information content (AvgIpc) is 3.10. The van der Waals surface area contributed by atoms with Gasteiger partial charge in [0.25, 0.3) is 0 Å². The molecule has 0 atom stereocenters. The summed E-state index contributed by atoms with van der Waals surface area (Å²) in [4.78, 5) is 3.61. The third-order valence-corrected chi connectivity index (χ3v) is 6.50. The minimum Gasteiger partial charge on any atom is -0.355 e. The second kappa shape index (κ2) is 7.15. The first-order valence-corrected chi connectivity index (χ1v) is 10.5. The molecule has 5 rings (SSSR count). The lowest BCUT2D eigenvalue weighted by Gasteiger charge is -2.14. The highest BCUT2D eigenvalue weighted by Crippen LogP contribution is 2.37. The molecule has 0 aliphatic carbocycles. The summed E-state index contributed by atoms with van der Waals surface area (Å²) in [5.41, 5.74) is 6.73. The predicted molar refractivity (Wildman–Crippen MR) is 129 cm³/mol. The number of nitrogens with one attached hydrogen (secondary N) is 2. The lowest BCUT2D eigenvalue weighted by atomic mass is 10.00. The highest BCUT2D eigenvalue weighted by atomic mass is 127. The Bertz CT molecular complexity index is 1320. The molecule has 0 saturated carbocycles. The summed E-state index contributed by atoms with van der Waals surface area (Å²) in [6, 6.07) is 29.3. The van der Waals surface area contributed by atoms with Crippen molar-refractivity contribution in [3.8, 4) is 11.1 Å². The van der Waals surface area contributed by atoms with Crippen LogP contribution in [-0.2, 0) is 0 Å². The average molecular weight is 495 g/mol. The quantitative estimate of drug-likeness (QED) is 0.244. The molecular formula is C24H16ClIN2. The molecule has 2 N–H and O–H groups in total. The fraction of sp³-hybridized carbons (Fsp3) is 0. The van der Waals surface area contributed by atoms with E-state index in [2.05, 4.69) is 106 Å². The summed E-state index contributed by atoms with van der Waals surface area (Å²) in [5, 5.41) is 6.81. The Balaban J connectivity index is 1.67. The molecule has 0 radical (unpaired) electrons. The molecule has 0 aliphatic heterocycles. The molecule has 0 bridgehead atoms. The maximum atomic E-state index is 6.18. The molecule has 4 heteroatoms. The zero-order chi connectivity index (χ0) is 19.1. The van der Waals surface area contributed by atoms with Gasteiger partial charge in [0.05, 0.1) is 10.5 Å². The van der Waals surface area contributed by atoms with Crippen LogP contribution in [-0.4, -0.2) is 4.98 Å². The molecule has 1 aromatic heterocycles. The van der Waals surface area contributed by atoms with Crippen molar-refractivity contribution < 1.29 is 0 Å². The molecule has 0 spiro atoms. The number of aromatic amines is 1. The van der Waals surface area contributed by atoms with E-state index in [1.807, 2.05) is 12.1 Å². The van der Waals surface area contributed by atoms with Gasteiger partial charge in [0.2, 0.25) is 0 Å². The predicted octanol–water partition coefficient (Wildman–Crippen LogP) is 7.99. The van der Waals surface area contributed by atoms with Gasteiger partial charge >= 0.3 is 0 Å². The molecule has 0 aliphatic rings. The van der Waals surface area contributed by atoms with Gasteiger partial charge in [-0.25, -0.2) is 0 Å². The van der Waals surface area contributed by atoms with Gasteiger partial charge in [-0.3, -0.25) is 0 Å². The van der Waals surface area contributed by atoms with Crippen molar-refractivity contribution in [3.05, 3.63) is 93.5 Å². The summed E-state index contributed by atoms with van der Waals surface area (Å²) in [7, 11) is 0. The van der Waals surface area contributed by atoms with Gasteiger partial charge in [-0.05, 0) is 52.9 Å². The molecular weight excluding hydrogens is 479 g/mol. The third-order valence-electron chi connectivity index (χ3n) is 4.96. The standard InChI is InChI=1S/C24H16ClIN2/c25-20-13-12-15(14-21(20)26)27-22-10-3-1-6-16(22)18-8-5-9-19-17-7-2-4-11-23(17)28-24(18)19/h1-14,27-28H. The van der Waals surface area contributed by atoms with Gasteiger partial charge in [-0.1, -0.05) is 66.2 Å². The minimum absolute atomic E-state index is 0.766. The molecule has 0 amide bonds. The van der Waals surface area contributed by atoms with Gasteiger partial charge in [-0.2, -0.15) is 0 Å². The van der Waals surface area contributed by atoms with Crippen LogP contribution in [0.1, 0.15) is 0 Å². The van der Waals surface area contributed by atoms with E-state index in [-0.39, 0.29) is 0 Å². The highest BCUT2D eigenvalue weighted by molar-refractivity contribution is 14.1. The Morgan fingerprint density at radius 2 is 1.50 bits per heavy atom. The second-order valence-corrected chi connectivity index (χ2v) is 8.27. The SMILES string of the molecule is Clc1ccc(Nc2ccccc2-c2cccc3c2[nH]c2ccccc23)cc1I. The number of H-pyrrole nitrogens is 1. The van der Waals surface area contributed by atoms with Gasteiger partial charge < -0.3 is 10.3 Å². The van der Waals surface area contributed by atoms with Crippen molar-refractivity contribution in [3.63, 3.8) is 0 Å². The van der Waals surface area contributed by atoms with Crippen LogP contribution in [0.15, 0.2) is 84.9 Å². The van der Waals surface area contributed by atoms with Gasteiger partial charge in [-0.15, -0.1) is 0 Å². The molecule has 4 aromatic carbocycles. The van der Waals surface area contributed by atoms with Crippen LogP contribution in [0.5, 0.6) is 0 Å². The molecule has 0 saturated heterocycles. The van der Waals surface area contributed by atoms with Crippen molar-refractivity contribution >= 4 is 67.4 Å². The summed E-state index contributed by atoms with van der Waals surface area (Å²) < 4.78 is 1.03. The van der Waals surface area contributed by atoms with E-state index in [0.29, 0.717) is 0 Å². The monoisotopic (exact) mass is 494 g/mol. The van der Waals surface area contributed by atoms with Gasteiger partial charge in [0.1, 0.15) is 0 Å². The van der Waals surface area contributed by atoms with E-state index in [0.717, 1.165) is 36.6 Å². The number of anilines is 2. The molecule has 2 nitrogen and oxygen atoms in total. The van der Waals surface area contributed by atoms with Crippen LogP contribution in [0.3, 0.4) is 0 Å². The van der Waals surface area contributed by atoms with Crippen molar-refractivity contribution in [2.24, 2.45) is 0 Å². The number of para-hydroxylation sites is 3. The van der Waals surface area contributed by atoms with Crippen molar-refractivity contribution in [2.75, 3.05) is 5.32 Å². The molecule has 0 fully saturated rings. The minimum atomic E-state index is 0.766. The summed E-state index contributed by atoms with van der Waals surface area (Å²) in [6.45, 7) is 0. The summed E-state index contributed by atoms with van der Waals surface area (Å²) in [6.07, 6.45) is 0. The number of halogens is 2. The maximum Gasteiger partial charge on any atom is 0.0545 e. The molecule has 5 aromatic rings. The Morgan fingerprint density at radius 3 is 2.39 bits per heavy atom. The van der Waals surface area contributed by atoms with Crippen LogP contribution in [0.2, 0.25) is 5.02 Å². The molecule has 0 unspecified atom stereocenters. The Morgan fingerprint density at radius 1 is 0.750 bits per heavy atom. The second-order valence-electron chi connectivity index (χ2n) is 6.70. The Labute approximate surface area is 181 Å². The summed E-state index contributed by atoms with van der Waals surface area (Å²) in [5.74, 6) is 0. The van der Waals surface area contributed by atoms with Crippen molar-refractivity contribution in [1.29, 1.82) is 0 Å². The lowest BCUT2D eigenvalue weighted by molar-refractivity contribution is 1.51. The number of rotatable bonds is 3. The zero-order valence-electron chi connectivity index (χ0n) is 14.8. The summed E-state index contributed by atoms with van der Waals surface area (Å²) >= 11 is 8.43. The number of aromatic nitrogens is 1. The molecule has 28 heavy (non-hydrogen) atoms. The molecule has 1 heterocycles. The van der Waals surface area contributed by atoms with Crippen molar-refractivity contribution in [1.82, 2.24) is 4.98 Å². The number of hydrogen-bond acceptors (Lipinski definition) is 1. The van der Waals surface area contributed by atoms with E-state index < -0.39 is 0 Å². The zero-order valence-corrected chi connectivity index (χ0v) is 17.8. The number of benzene rings is 4. The van der Waals surface area contributed by atoms with E-state index in [1.165, 1.54) is 16.3 Å². The van der Waals surface area contributed by atoms with Crippen LogP contribution >= 0.6 is 34.2 Å². The first-order valence-electron chi connectivity index (χ1n) is 9.01. The van der Waals surface area contributed by atoms with Crippen LogP contribution in [0.25, 0.3) is 32.9 Å².